The molecule has 2 aromatic heterocycles. The van der Waals surface area contributed by atoms with E-state index >= 15 is 0 Å². The summed E-state index contributed by atoms with van der Waals surface area (Å²) >= 11 is 6.03. The molecule has 0 radical (unpaired) electrons. The van der Waals surface area contributed by atoms with Crippen LogP contribution < -0.4 is 11.2 Å². The maximum Gasteiger partial charge on any atom is 0.332 e. The van der Waals surface area contributed by atoms with Gasteiger partial charge in [-0.25, -0.2) is 9.78 Å². The van der Waals surface area contributed by atoms with E-state index in [1.165, 1.54) is 11.6 Å². The van der Waals surface area contributed by atoms with E-state index in [0.717, 1.165) is 42.1 Å². The number of imidazole rings is 1. The van der Waals surface area contributed by atoms with Crippen LogP contribution in [0.3, 0.4) is 0 Å². The number of aliphatic hydroxyl groups excluding tert-OH is 1. The standard InChI is InChI=1S/C21H27ClN6O3/c1-24-19-18(20(30)25(2)21(24)31)28(13-15-3-5-16(22)6-4-15)17(23-19)14-27-9-7-26(8-10-27)11-12-29/h3-6,29H,7-14H2,1-2H3. The van der Waals surface area contributed by atoms with Crippen LogP contribution in [-0.2, 0) is 27.2 Å². The normalized spacial score (nSPS) is 15.7. The summed E-state index contributed by atoms with van der Waals surface area (Å²) in [5.74, 6) is 0.749. The summed E-state index contributed by atoms with van der Waals surface area (Å²) in [7, 11) is 3.13. The van der Waals surface area contributed by atoms with E-state index in [9.17, 15) is 9.59 Å². The predicted molar refractivity (Wildman–Crippen MR) is 120 cm³/mol. The summed E-state index contributed by atoms with van der Waals surface area (Å²) in [6.07, 6.45) is 0. The third-order valence-corrected chi connectivity index (χ3v) is 6.18. The molecule has 0 unspecified atom stereocenters. The Balaban J connectivity index is 1.74. The maximum absolute atomic E-state index is 13.0. The molecule has 0 atom stereocenters. The minimum absolute atomic E-state index is 0.161. The minimum Gasteiger partial charge on any atom is -0.395 e. The van der Waals surface area contributed by atoms with Crippen molar-refractivity contribution in [3.63, 3.8) is 0 Å². The lowest BCUT2D eigenvalue weighted by atomic mass is 10.2. The smallest absolute Gasteiger partial charge is 0.332 e. The fraction of sp³-hybridized carbons (Fsp3) is 0.476. The topological polar surface area (TPSA) is 88.5 Å². The Morgan fingerprint density at radius 1 is 0.968 bits per heavy atom. The minimum atomic E-state index is -0.391. The molecule has 1 saturated heterocycles. The fourth-order valence-corrected chi connectivity index (χ4v) is 4.19. The molecule has 3 aromatic rings. The van der Waals surface area contributed by atoms with Crippen molar-refractivity contribution in [2.24, 2.45) is 14.1 Å². The summed E-state index contributed by atoms with van der Waals surface area (Å²) in [6.45, 7) is 5.32. The molecule has 166 valence electrons. The molecule has 0 spiro atoms. The number of hydrogen-bond acceptors (Lipinski definition) is 6. The molecule has 0 saturated carbocycles. The van der Waals surface area contributed by atoms with Gasteiger partial charge in [0, 0.05) is 58.4 Å². The molecular weight excluding hydrogens is 420 g/mol. The van der Waals surface area contributed by atoms with Crippen molar-refractivity contribution >= 4 is 22.8 Å². The Labute approximate surface area is 184 Å². The molecule has 9 nitrogen and oxygen atoms in total. The summed E-state index contributed by atoms with van der Waals surface area (Å²) in [6, 6.07) is 7.50. The van der Waals surface area contributed by atoms with Crippen LogP contribution in [0.15, 0.2) is 33.9 Å². The van der Waals surface area contributed by atoms with Gasteiger partial charge in [-0.3, -0.25) is 23.7 Å². The number of aryl methyl sites for hydroxylation is 1. The van der Waals surface area contributed by atoms with Crippen LogP contribution in [0.4, 0.5) is 0 Å². The van der Waals surface area contributed by atoms with E-state index in [2.05, 4.69) is 9.80 Å². The third kappa shape index (κ3) is 4.31. The monoisotopic (exact) mass is 446 g/mol. The number of piperazine rings is 1. The number of nitrogens with zero attached hydrogens (tertiary/aromatic N) is 6. The molecule has 1 aliphatic rings. The molecule has 1 aromatic carbocycles. The average Bonchev–Trinajstić information content (AvgIpc) is 3.12. The predicted octanol–water partition coefficient (Wildman–Crippen LogP) is 0.245. The average molecular weight is 447 g/mol. The van der Waals surface area contributed by atoms with Crippen molar-refractivity contribution in [3.05, 3.63) is 61.5 Å². The maximum atomic E-state index is 13.0. The summed E-state index contributed by atoms with van der Waals surface area (Å²) in [4.78, 5) is 34.7. The number of rotatable bonds is 6. The lowest BCUT2D eigenvalue weighted by Gasteiger charge is -2.34. The number of β-amino-alcohol motifs (C(OH)–C–C–N with tert-alkyl or cyclic N) is 1. The molecule has 0 amide bonds. The molecule has 4 rings (SSSR count). The zero-order valence-corrected chi connectivity index (χ0v) is 18.5. The molecule has 1 N–H and O–H groups in total. The second-order valence-electron chi connectivity index (χ2n) is 7.96. The van der Waals surface area contributed by atoms with E-state index in [1.54, 1.807) is 7.05 Å². The van der Waals surface area contributed by atoms with Gasteiger partial charge < -0.3 is 9.67 Å². The van der Waals surface area contributed by atoms with Gasteiger partial charge in [-0.15, -0.1) is 0 Å². The van der Waals surface area contributed by atoms with Crippen LogP contribution in [-0.4, -0.2) is 72.9 Å². The van der Waals surface area contributed by atoms with E-state index < -0.39 is 5.69 Å². The van der Waals surface area contributed by atoms with E-state index in [0.29, 0.717) is 35.8 Å². The first-order valence-corrected chi connectivity index (χ1v) is 10.7. The second-order valence-corrected chi connectivity index (χ2v) is 8.40. The van der Waals surface area contributed by atoms with Crippen LogP contribution in [0.1, 0.15) is 11.4 Å². The van der Waals surface area contributed by atoms with Crippen molar-refractivity contribution in [1.29, 1.82) is 0 Å². The van der Waals surface area contributed by atoms with Crippen LogP contribution >= 0.6 is 11.6 Å². The molecule has 0 aliphatic carbocycles. The fourth-order valence-electron chi connectivity index (χ4n) is 4.07. The molecule has 10 heteroatoms. The Bertz CT molecular complexity index is 1190. The van der Waals surface area contributed by atoms with Gasteiger partial charge in [0.05, 0.1) is 13.2 Å². The van der Waals surface area contributed by atoms with Crippen LogP contribution in [0.2, 0.25) is 5.02 Å². The molecule has 1 fully saturated rings. The van der Waals surface area contributed by atoms with E-state index in [-0.39, 0.29) is 12.2 Å². The number of hydrogen-bond donors (Lipinski definition) is 1. The van der Waals surface area contributed by atoms with Crippen LogP contribution in [0.5, 0.6) is 0 Å². The van der Waals surface area contributed by atoms with Crippen LogP contribution in [0, 0.1) is 0 Å². The third-order valence-electron chi connectivity index (χ3n) is 5.93. The molecule has 1 aliphatic heterocycles. The van der Waals surface area contributed by atoms with E-state index in [4.69, 9.17) is 21.7 Å². The highest BCUT2D eigenvalue weighted by Gasteiger charge is 2.23. The Kier molecular flexibility index (Phi) is 6.29. The van der Waals surface area contributed by atoms with Crippen molar-refractivity contribution in [2.75, 3.05) is 39.3 Å². The summed E-state index contributed by atoms with van der Waals surface area (Å²) in [5, 5.41) is 9.81. The SMILES string of the molecule is Cn1c(=O)c2c(nc(CN3CCN(CCO)CC3)n2Cc2ccc(Cl)cc2)n(C)c1=O. The van der Waals surface area contributed by atoms with Gasteiger partial charge in [0.2, 0.25) is 0 Å². The van der Waals surface area contributed by atoms with Gasteiger partial charge in [-0.1, -0.05) is 23.7 Å². The number of halogens is 1. The van der Waals surface area contributed by atoms with Gasteiger partial charge >= 0.3 is 5.69 Å². The largest absolute Gasteiger partial charge is 0.395 e. The summed E-state index contributed by atoms with van der Waals surface area (Å²) < 4.78 is 4.47. The lowest BCUT2D eigenvalue weighted by Crippen LogP contribution is -2.46. The van der Waals surface area contributed by atoms with Crippen LogP contribution in [0.25, 0.3) is 11.2 Å². The van der Waals surface area contributed by atoms with Gasteiger partial charge in [-0.2, -0.15) is 0 Å². The zero-order valence-electron chi connectivity index (χ0n) is 17.8. The highest BCUT2D eigenvalue weighted by Crippen LogP contribution is 2.18. The van der Waals surface area contributed by atoms with Gasteiger partial charge in [0.1, 0.15) is 5.82 Å². The zero-order chi connectivity index (χ0) is 22.1. The lowest BCUT2D eigenvalue weighted by molar-refractivity contribution is 0.106. The summed E-state index contributed by atoms with van der Waals surface area (Å²) in [5.41, 5.74) is 1.08. The van der Waals surface area contributed by atoms with Gasteiger partial charge in [-0.05, 0) is 17.7 Å². The number of aromatic nitrogens is 4. The first-order valence-electron chi connectivity index (χ1n) is 10.3. The van der Waals surface area contributed by atoms with Gasteiger partial charge in [0.15, 0.2) is 11.2 Å². The van der Waals surface area contributed by atoms with E-state index in [1.807, 2.05) is 28.8 Å². The Hall–Kier alpha value is -2.46. The number of benzene rings is 1. The van der Waals surface area contributed by atoms with Crippen molar-refractivity contribution < 1.29 is 5.11 Å². The van der Waals surface area contributed by atoms with Crippen molar-refractivity contribution in [1.82, 2.24) is 28.5 Å². The van der Waals surface area contributed by atoms with Crippen molar-refractivity contribution in [3.8, 4) is 0 Å². The molecule has 31 heavy (non-hydrogen) atoms. The molecule has 3 heterocycles. The first kappa shape index (κ1) is 21.8. The highest BCUT2D eigenvalue weighted by molar-refractivity contribution is 6.30. The quantitative estimate of drug-likeness (QED) is 0.583. The highest BCUT2D eigenvalue weighted by atomic mass is 35.5. The Morgan fingerprint density at radius 3 is 2.26 bits per heavy atom. The number of fused-ring (bicyclic) bond motifs is 1. The van der Waals surface area contributed by atoms with Gasteiger partial charge in [0.25, 0.3) is 5.56 Å². The molecular formula is C21H27ClN6O3. The Morgan fingerprint density at radius 2 is 1.61 bits per heavy atom. The molecule has 0 bridgehead atoms. The van der Waals surface area contributed by atoms with Crippen molar-refractivity contribution in [2.45, 2.75) is 13.1 Å². The first-order chi connectivity index (χ1) is 14.9. The number of aliphatic hydroxyl groups is 1. The second kappa shape index (κ2) is 8.96.